The van der Waals surface area contributed by atoms with E-state index in [0.717, 1.165) is 17.4 Å². The van der Waals surface area contributed by atoms with Gasteiger partial charge in [-0.2, -0.15) is 0 Å². The summed E-state index contributed by atoms with van der Waals surface area (Å²) in [5.41, 5.74) is 2.01. The van der Waals surface area contributed by atoms with Gasteiger partial charge in [0.25, 0.3) is 0 Å². The Hall–Kier alpha value is -2.21. The molecule has 9 nitrogen and oxygen atoms in total. The molecule has 1 heterocycles. The first-order chi connectivity index (χ1) is 13.7. The monoisotopic (exact) mass is 425 g/mol. The molecule has 0 unspecified atom stereocenters. The smallest absolute Gasteiger partial charge is 0.229 e. The molecule has 1 aliphatic rings. The standard InChI is InChI=1S/C19H23NO8S/c1-29(25,26)20-13-4-2-3-12(9-13)11-5-7-14(8-6-11)27-19-18(24)17(23)16(22)15(10-21)28-19/h2-9,15-24H,10H2,1H3/t15-,16-,17+,18+,19+/m1/s1. The van der Waals surface area contributed by atoms with Gasteiger partial charge in [0, 0.05) is 5.69 Å². The molecule has 0 aromatic heterocycles. The Bertz CT molecular complexity index is 931. The Morgan fingerprint density at radius 1 is 1.00 bits per heavy atom. The average molecular weight is 425 g/mol. The van der Waals surface area contributed by atoms with Gasteiger partial charge >= 0.3 is 0 Å². The molecular formula is C19H23NO8S. The van der Waals surface area contributed by atoms with E-state index in [-0.39, 0.29) is 0 Å². The van der Waals surface area contributed by atoms with Crippen LogP contribution in [0.5, 0.6) is 5.75 Å². The van der Waals surface area contributed by atoms with E-state index in [2.05, 4.69) is 4.72 Å². The number of nitrogens with one attached hydrogen (secondary N) is 1. The molecule has 1 fully saturated rings. The normalized spacial score (nSPS) is 27.4. The van der Waals surface area contributed by atoms with Crippen LogP contribution >= 0.6 is 0 Å². The van der Waals surface area contributed by atoms with Gasteiger partial charge in [-0.15, -0.1) is 0 Å². The van der Waals surface area contributed by atoms with Crippen molar-refractivity contribution in [3.05, 3.63) is 48.5 Å². The Morgan fingerprint density at radius 2 is 1.69 bits per heavy atom. The zero-order valence-electron chi connectivity index (χ0n) is 15.5. The molecular weight excluding hydrogens is 402 g/mol. The van der Waals surface area contributed by atoms with Crippen molar-refractivity contribution in [2.24, 2.45) is 0 Å². The van der Waals surface area contributed by atoms with E-state index in [1.165, 1.54) is 0 Å². The van der Waals surface area contributed by atoms with Gasteiger partial charge in [0.15, 0.2) is 0 Å². The summed E-state index contributed by atoms with van der Waals surface area (Å²) in [5.74, 6) is 0.337. The van der Waals surface area contributed by atoms with Crippen molar-refractivity contribution in [2.45, 2.75) is 30.7 Å². The lowest BCUT2D eigenvalue weighted by Gasteiger charge is -2.39. The zero-order valence-corrected chi connectivity index (χ0v) is 16.4. The fourth-order valence-electron chi connectivity index (χ4n) is 3.00. The van der Waals surface area contributed by atoms with Crippen molar-refractivity contribution >= 4 is 15.7 Å². The van der Waals surface area contributed by atoms with Crippen LogP contribution in [0.15, 0.2) is 48.5 Å². The van der Waals surface area contributed by atoms with Gasteiger partial charge in [-0.25, -0.2) is 8.42 Å². The van der Waals surface area contributed by atoms with Crippen molar-refractivity contribution in [1.29, 1.82) is 0 Å². The Kier molecular flexibility index (Phi) is 6.42. The molecule has 2 aromatic rings. The van der Waals surface area contributed by atoms with Crippen LogP contribution in [0.2, 0.25) is 0 Å². The highest BCUT2D eigenvalue weighted by molar-refractivity contribution is 7.92. The lowest BCUT2D eigenvalue weighted by atomic mass is 9.99. The van der Waals surface area contributed by atoms with Crippen LogP contribution in [0.1, 0.15) is 0 Å². The highest BCUT2D eigenvalue weighted by Crippen LogP contribution is 2.28. The van der Waals surface area contributed by atoms with Crippen LogP contribution in [0.3, 0.4) is 0 Å². The molecule has 1 aliphatic heterocycles. The fourth-order valence-corrected chi connectivity index (χ4v) is 3.56. The first-order valence-electron chi connectivity index (χ1n) is 8.83. The molecule has 1 saturated heterocycles. The molecule has 5 N–H and O–H groups in total. The predicted molar refractivity (Wildman–Crippen MR) is 105 cm³/mol. The number of aliphatic hydroxyl groups excluding tert-OH is 4. The molecule has 158 valence electrons. The van der Waals surface area contributed by atoms with E-state index < -0.39 is 47.3 Å². The second-order valence-corrected chi connectivity index (χ2v) is 8.54. The second kappa shape index (κ2) is 8.66. The van der Waals surface area contributed by atoms with E-state index in [1.807, 2.05) is 6.07 Å². The number of hydrogen-bond donors (Lipinski definition) is 5. The lowest BCUT2D eigenvalue weighted by molar-refractivity contribution is -0.277. The molecule has 5 atom stereocenters. The maximum atomic E-state index is 11.4. The molecule has 0 aliphatic carbocycles. The molecule has 0 bridgehead atoms. The summed E-state index contributed by atoms with van der Waals surface area (Å²) >= 11 is 0. The van der Waals surface area contributed by atoms with Crippen LogP contribution < -0.4 is 9.46 Å². The first-order valence-corrected chi connectivity index (χ1v) is 10.7. The number of aliphatic hydroxyl groups is 4. The highest BCUT2D eigenvalue weighted by Gasteiger charge is 2.44. The van der Waals surface area contributed by atoms with Crippen LogP contribution in [0.25, 0.3) is 11.1 Å². The van der Waals surface area contributed by atoms with Gasteiger partial charge in [-0.3, -0.25) is 4.72 Å². The number of sulfonamides is 1. The summed E-state index contributed by atoms with van der Waals surface area (Å²) in [6.07, 6.45) is -5.71. The Morgan fingerprint density at radius 3 is 2.31 bits per heavy atom. The predicted octanol–water partition coefficient (Wildman–Crippen LogP) is -0.0962. The van der Waals surface area contributed by atoms with Crippen LogP contribution in [0.4, 0.5) is 5.69 Å². The molecule has 0 amide bonds. The zero-order chi connectivity index (χ0) is 21.2. The molecule has 10 heteroatoms. The van der Waals surface area contributed by atoms with Crippen molar-refractivity contribution in [3.8, 4) is 16.9 Å². The van der Waals surface area contributed by atoms with Gasteiger partial charge in [0.2, 0.25) is 16.3 Å². The summed E-state index contributed by atoms with van der Waals surface area (Å²) in [6, 6.07) is 13.6. The summed E-state index contributed by atoms with van der Waals surface area (Å²) < 4.78 is 36.1. The largest absolute Gasteiger partial charge is 0.462 e. The SMILES string of the molecule is CS(=O)(=O)Nc1cccc(-c2ccc(O[C@H]3O[C@H](CO)[C@@H](O)[C@H](O)[C@@H]3O)cc2)c1. The number of hydrogen-bond acceptors (Lipinski definition) is 8. The number of rotatable bonds is 6. The minimum Gasteiger partial charge on any atom is -0.462 e. The van der Waals surface area contributed by atoms with E-state index >= 15 is 0 Å². The minimum absolute atomic E-state index is 0.337. The van der Waals surface area contributed by atoms with Gasteiger partial charge in [-0.05, 0) is 35.4 Å². The van der Waals surface area contributed by atoms with Crippen molar-refractivity contribution in [1.82, 2.24) is 0 Å². The van der Waals surface area contributed by atoms with E-state index in [1.54, 1.807) is 42.5 Å². The van der Waals surface area contributed by atoms with Gasteiger partial charge in [0.1, 0.15) is 30.2 Å². The molecule has 0 saturated carbocycles. The van der Waals surface area contributed by atoms with E-state index in [0.29, 0.717) is 11.4 Å². The summed E-state index contributed by atoms with van der Waals surface area (Å²) in [7, 11) is -3.38. The topological polar surface area (TPSA) is 146 Å². The maximum absolute atomic E-state index is 11.4. The Balaban J connectivity index is 1.73. The molecule has 0 spiro atoms. The third kappa shape index (κ3) is 5.24. The first kappa shape index (κ1) is 21.5. The van der Waals surface area contributed by atoms with Crippen molar-refractivity contribution in [2.75, 3.05) is 17.6 Å². The lowest BCUT2D eigenvalue weighted by Crippen LogP contribution is -2.60. The quantitative estimate of drug-likeness (QED) is 0.432. The van der Waals surface area contributed by atoms with Crippen molar-refractivity contribution < 1.29 is 38.3 Å². The summed E-state index contributed by atoms with van der Waals surface area (Å²) in [5, 5.41) is 38.9. The van der Waals surface area contributed by atoms with Crippen molar-refractivity contribution in [3.63, 3.8) is 0 Å². The van der Waals surface area contributed by atoms with E-state index in [9.17, 15) is 28.8 Å². The molecule has 0 radical (unpaired) electrons. The third-order valence-corrected chi connectivity index (χ3v) is 5.06. The van der Waals surface area contributed by atoms with Gasteiger partial charge in [-0.1, -0.05) is 24.3 Å². The number of benzene rings is 2. The van der Waals surface area contributed by atoms with Gasteiger partial charge < -0.3 is 29.9 Å². The molecule has 3 rings (SSSR count). The number of ether oxygens (including phenoxy) is 2. The third-order valence-electron chi connectivity index (χ3n) is 4.45. The van der Waals surface area contributed by atoms with Crippen LogP contribution in [-0.2, 0) is 14.8 Å². The molecule has 2 aromatic carbocycles. The maximum Gasteiger partial charge on any atom is 0.229 e. The highest BCUT2D eigenvalue weighted by atomic mass is 32.2. The second-order valence-electron chi connectivity index (χ2n) is 6.79. The molecule has 29 heavy (non-hydrogen) atoms. The summed E-state index contributed by atoms with van der Waals surface area (Å²) in [4.78, 5) is 0. The number of anilines is 1. The van der Waals surface area contributed by atoms with Crippen LogP contribution in [0, 0.1) is 0 Å². The average Bonchev–Trinajstić information content (AvgIpc) is 2.68. The Labute approximate surface area is 168 Å². The van der Waals surface area contributed by atoms with Crippen LogP contribution in [-0.4, -0.2) is 72.4 Å². The van der Waals surface area contributed by atoms with E-state index in [4.69, 9.17) is 9.47 Å². The summed E-state index contributed by atoms with van der Waals surface area (Å²) in [6.45, 7) is -0.540. The minimum atomic E-state index is -3.38. The van der Waals surface area contributed by atoms with Gasteiger partial charge in [0.05, 0.1) is 12.9 Å². The fraction of sp³-hybridized carbons (Fsp3) is 0.368.